The van der Waals surface area contributed by atoms with Gasteiger partial charge in [-0.1, -0.05) is 0 Å². The Morgan fingerprint density at radius 3 is 1.08 bits per heavy atom. The molecule has 19 nitrogen and oxygen atoms in total. The van der Waals surface area contributed by atoms with Crippen LogP contribution in [0.5, 0.6) is 0 Å². The highest BCUT2D eigenvalue weighted by atomic mass is 32.2. The third kappa shape index (κ3) is 10.5. The quantitative estimate of drug-likeness (QED) is 0.0978. The number of rotatable bonds is 10. The van der Waals surface area contributed by atoms with Gasteiger partial charge in [-0.25, -0.2) is 9.59 Å². The zero-order valence-electron chi connectivity index (χ0n) is 19.2. The largest absolute Gasteiger partial charge is 0.481 e. The maximum absolute atomic E-state index is 11.2. The topological polar surface area (TPSA) is 319 Å². The molecule has 0 aromatic rings. The Bertz CT molecular complexity index is 986. The lowest BCUT2D eigenvalue weighted by atomic mass is 10.2. The summed E-state index contributed by atoms with van der Waals surface area (Å²) in [6, 6.07) is -3.19. The number of imide groups is 2. The molecule has 2 heterocycles. The summed E-state index contributed by atoms with van der Waals surface area (Å²) in [5.74, 6) is -8.23. The fourth-order valence-corrected chi connectivity index (χ4v) is 3.07. The zero-order valence-corrected chi connectivity index (χ0v) is 20.0. The van der Waals surface area contributed by atoms with Crippen molar-refractivity contribution in [2.45, 2.75) is 56.0 Å². The highest BCUT2D eigenvalue weighted by Crippen LogP contribution is 2.18. The first-order valence-electron chi connectivity index (χ1n) is 10.2. The number of hydrogen-bond donors (Lipinski definition) is 7. The predicted molar refractivity (Wildman–Crippen MR) is 114 cm³/mol. The summed E-state index contributed by atoms with van der Waals surface area (Å²) in [6.07, 6.45) is -1.76. The summed E-state index contributed by atoms with van der Waals surface area (Å²) >= 11 is 0. The van der Waals surface area contributed by atoms with E-state index in [0.717, 1.165) is 0 Å². The van der Waals surface area contributed by atoms with E-state index < -0.39 is 94.6 Å². The van der Waals surface area contributed by atoms with Crippen molar-refractivity contribution in [2.24, 2.45) is 0 Å². The van der Waals surface area contributed by atoms with Crippen molar-refractivity contribution >= 4 is 57.6 Å². The van der Waals surface area contributed by atoms with Gasteiger partial charge < -0.3 is 30.6 Å². The van der Waals surface area contributed by atoms with Crippen LogP contribution in [0.3, 0.4) is 0 Å². The second-order valence-electron chi connectivity index (χ2n) is 7.37. The van der Waals surface area contributed by atoms with Crippen LogP contribution in [-0.4, -0.2) is 125 Å². The average Bonchev–Trinajstić information content (AvgIpc) is 3.29. The smallest absolute Gasteiger partial charge is 0.327 e. The molecular formula is C18H24N2O17S. The van der Waals surface area contributed by atoms with Crippen LogP contribution in [0.2, 0.25) is 0 Å². The van der Waals surface area contributed by atoms with E-state index in [4.69, 9.17) is 35.2 Å². The second kappa shape index (κ2) is 14.7. The Morgan fingerprint density at radius 1 is 0.684 bits per heavy atom. The van der Waals surface area contributed by atoms with Crippen LogP contribution in [0, 0.1) is 0 Å². The molecular weight excluding hydrogens is 548 g/mol. The number of amides is 4. The SMILES string of the molecule is O=C(O)CC(C(=O)O)N1C(=O)CCC1=O.O=C(O)CC(C(=O)O)N1C(=O)CCC1=O.O=S(=O)(O)C(O)CO. The zero-order chi connectivity index (χ0) is 30.0. The third-order valence-electron chi connectivity index (χ3n) is 4.61. The Hall–Kier alpha value is -4.01. The van der Waals surface area contributed by atoms with Gasteiger partial charge in [0.1, 0.15) is 12.1 Å². The van der Waals surface area contributed by atoms with E-state index >= 15 is 0 Å². The van der Waals surface area contributed by atoms with E-state index in [1.54, 1.807) is 0 Å². The molecule has 2 fully saturated rings. The van der Waals surface area contributed by atoms with Crippen molar-refractivity contribution in [1.29, 1.82) is 0 Å². The number of carbonyl (C=O) groups is 8. The number of aliphatic hydroxyl groups excluding tert-OH is 2. The average molecular weight is 572 g/mol. The number of nitrogens with zero attached hydrogens (tertiary/aromatic N) is 2. The number of carboxylic acids is 4. The maximum Gasteiger partial charge on any atom is 0.327 e. The molecule has 3 unspecified atom stereocenters. The monoisotopic (exact) mass is 572 g/mol. The fraction of sp³-hybridized carbons (Fsp3) is 0.556. The number of likely N-dealkylation sites (tertiary alicyclic amines) is 2. The molecule has 0 radical (unpaired) electrons. The molecule has 0 bridgehead atoms. The summed E-state index contributed by atoms with van der Waals surface area (Å²) in [5.41, 5.74) is -2.07. The van der Waals surface area contributed by atoms with Crippen LogP contribution in [0.15, 0.2) is 0 Å². The van der Waals surface area contributed by atoms with Crippen molar-refractivity contribution in [3.8, 4) is 0 Å². The van der Waals surface area contributed by atoms with Crippen LogP contribution in [0.25, 0.3) is 0 Å². The third-order valence-corrected chi connectivity index (χ3v) is 5.45. The summed E-state index contributed by atoms with van der Waals surface area (Å²) < 4.78 is 27.3. The number of hydrogen-bond acceptors (Lipinski definition) is 12. The Morgan fingerprint density at radius 2 is 0.947 bits per heavy atom. The van der Waals surface area contributed by atoms with E-state index in [1.165, 1.54) is 0 Å². The van der Waals surface area contributed by atoms with Crippen molar-refractivity contribution in [3.05, 3.63) is 0 Å². The minimum Gasteiger partial charge on any atom is -0.481 e. The van der Waals surface area contributed by atoms with Crippen molar-refractivity contribution < 1.29 is 82.0 Å². The maximum atomic E-state index is 11.2. The van der Waals surface area contributed by atoms with Gasteiger partial charge in [0.25, 0.3) is 10.1 Å². The molecule has 3 atom stereocenters. The minimum atomic E-state index is -4.45. The normalized spacial score (nSPS) is 17.6. The molecule has 0 aliphatic carbocycles. The molecule has 2 aliphatic heterocycles. The molecule has 214 valence electrons. The number of carboxylic acid groups (broad SMARTS) is 4. The molecule has 0 aromatic carbocycles. The lowest BCUT2D eigenvalue weighted by Gasteiger charge is -2.20. The van der Waals surface area contributed by atoms with Crippen LogP contribution in [0.4, 0.5) is 0 Å². The first kappa shape index (κ1) is 34.0. The summed E-state index contributed by atoms with van der Waals surface area (Å²) in [5, 5.41) is 50.3. The predicted octanol–water partition coefficient (Wildman–Crippen LogP) is -3.69. The van der Waals surface area contributed by atoms with Gasteiger partial charge >= 0.3 is 23.9 Å². The lowest BCUT2D eigenvalue weighted by molar-refractivity contribution is -0.157. The standard InChI is InChI=1S/2C8H9NO6.C2H6O5S/c2*10-5-1-2-6(11)9(5)4(8(14)15)3-7(12)13;3-1-2(4)8(5,6)7/h2*4H,1-3H2,(H,12,13)(H,14,15);2-4H,1H2,(H,5,6,7). The molecule has 0 aromatic heterocycles. The molecule has 4 amide bonds. The van der Waals surface area contributed by atoms with Crippen LogP contribution in [0.1, 0.15) is 38.5 Å². The van der Waals surface area contributed by atoms with Gasteiger partial charge in [0.2, 0.25) is 29.1 Å². The highest BCUT2D eigenvalue weighted by molar-refractivity contribution is 7.86. The number of carbonyl (C=O) groups excluding carboxylic acids is 4. The number of aliphatic hydroxyl groups is 2. The molecule has 7 N–H and O–H groups in total. The van der Waals surface area contributed by atoms with Gasteiger partial charge in [0, 0.05) is 25.7 Å². The van der Waals surface area contributed by atoms with Crippen molar-refractivity contribution in [1.82, 2.24) is 9.80 Å². The molecule has 2 aliphatic rings. The van der Waals surface area contributed by atoms with Crippen molar-refractivity contribution in [3.63, 3.8) is 0 Å². The molecule has 0 saturated carbocycles. The van der Waals surface area contributed by atoms with Crippen LogP contribution >= 0.6 is 0 Å². The van der Waals surface area contributed by atoms with E-state index in [-0.39, 0.29) is 25.7 Å². The Labute approximate surface area is 212 Å². The van der Waals surface area contributed by atoms with E-state index in [9.17, 15) is 46.8 Å². The van der Waals surface area contributed by atoms with E-state index in [0.29, 0.717) is 9.80 Å². The number of aliphatic carboxylic acids is 4. The summed E-state index contributed by atoms with van der Waals surface area (Å²) in [7, 11) is -4.45. The molecule has 2 rings (SSSR count). The molecule has 20 heteroatoms. The van der Waals surface area contributed by atoms with Crippen molar-refractivity contribution in [2.75, 3.05) is 6.61 Å². The van der Waals surface area contributed by atoms with Gasteiger partial charge in [0.15, 0.2) is 0 Å². The lowest BCUT2D eigenvalue weighted by Crippen LogP contribution is -2.45. The minimum absolute atomic E-state index is 0.0533. The molecule has 2 saturated heterocycles. The van der Waals surface area contributed by atoms with E-state index in [1.807, 2.05) is 0 Å². The van der Waals surface area contributed by atoms with Crippen LogP contribution in [-0.2, 0) is 48.5 Å². The fourth-order valence-electron chi connectivity index (χ4n) is 2.89. The first-order valence-corrected chi connectivity index (χ1v) is 11.7. The first-order chi connectivity index (χ1) is 17.3. The van der Waals surface area contributed by atoms with Gasteiger partial charge in [0.05, 0.1) is 19.4 Å². The molecule has 0 spiro atoms. The van der Waals surface area contributed by atoms with E-state index in [2.05, 4.69) is 0 Å². The highest BCUT2D eigenvalue weighted by Gasteiger charge is 2.40. The van der Waals surface area contributed by atoms with Gasteiger partial charge in [-0.3, -0.25) is 43.1 Å². The van der Waals surface area contributed by atoms with Crippen LogP contribution < -0.4 is 0 Å². The van der Waals surface area contributed by atoms with Gasteiger partial charge in [-0.15, -0.1) is 0 Å². The second-order valence-corrected chi connectivity index (χ2v) is 8.95. The molecule has 38 heavy (non-hydrogen) atoms. The van der Waals surface area contributed by atoms with Gasteiger partial charge in [-0.05, 0) is 0 Å². The Balaban J connectivity index is 0.000000569. The van der Waals surface area contributed by atoms with Gasteiger partial charge in [-0.2, -0.15) is 8.42 Å². The Kier molecular flexibility index (Phi) is 13.1. The summed E-state index contributed by atoms with van der Waals surface area (Å²) in [6.45, 7) is -0.987. The summed E-state index contributed by atoms with van der Waals surface area (Å²) in [4.78, 5) is 87.8.